The number of unbranched alkanes of at least 4 members (excludes halogenated alkanes) is 25. The highest BCUT2D eigenvalue weighted by molar-refractivity contribution is 7.47. The van der Waals surface area contributed by atoms with E-state index in [1.54, 1.807) is 0 Å². The van der Waals surface area contributed by atoms with E-state index < -0.39 is 97.5 Å². The second kappa shape index (κ2) is 69.2. The van der Waals surface area contributed by atoms with Gasteiger partial charge in [0.2, 0.25) is 0 Å². The topological polar surface area (TPSA) is 237 Å². The number of ether oxygens (including phenoxy) is 4. The van der Waals surface area contributed by atoms with Crippen LogP contribution in [0.4, 0.5) is 0 Å². The lowest BCUT2D eigenvalue weighted by Crippen LogP contribution is -2.30. The normalized spacial score (nSPS) is 14.6. The lowest BCUT2D eigenvalue weighted by Gasteiger charge is -2.21. The molecule has 552 valence electrons. The average molecular weight is 1390 g/mol. The summed E-state index contributed by atoms with van der Waals surface area (Å²) in [5, 5.41) is 10.6. The molecule has 0 aliphatic rings. The van der Waals surface area contributed by atoms with Gasteiger partial charge in [-0.2, -0.15) is 0 Å². The summed E-state index contributed by atoms with van der Waals surface area (Å²) in [5.41, 5.74) is 0. The van der Waals surface area contributed by atoms with Crippen LogP contribution in [0.1, 0.15) is 297 Å². The van der Waals surface area contributed by atoms with Crippen LogP contribution in [0.5, 0.6) is 0 Å². The summed E-state index contributed by atoms with van der Waals surface area (Å²) in [6, 6.07) is 0. The minimum atomic E-state index is -4.99. The van der Waals surface area contributed by atoms with Gasteiger partial charge in [0, 0.05) is 25.7 Å². The van der Waals surface area contributed by atoms with E-state index in [1.165, 1.54) is 57.8 Å². The van der Waals surface area contributed by atoms with Crippen LogP contribution in [0.3, 0.4) is 0 Å². The standard InChI is InChI=1S/C77H132O17P2/c1-5-9-13-17-21-25-29-32-34-35-37-40-43-46-50-54-58-62-75(80)88-68-73(94-77(82)64-60-56-52-48-44-38-31-27-23-19-15-11-7-3)70-92-96(85,86)90-66-71(78)65-89-95(83,84)91-69-72(93-76(81)63-59-55-51-47-41-28-24-20-16-12-8-4)67-87-74(79)61-57-53-49-45-42-39-36-33-30-26-22-18-14-10-6-2/h9,13,15,19,21-22,25-27,31-34,36-37,40,46,50,71-73,78H,5-8,10-12,14,16-18,20,23-24,28-30,35,38-39,41-45,47-49,51-70H2,1-4H3,(H,83,84)(H,85,86)/b13-9-,19-15-,25-21-,26-22-,31-27-,34-32-,36-33-,40-37-,50-46-. The van der Waals surface area contributed by atoms with E-state index in [0.29, 0.717) is 32.1 Å². The fraction of sp³-hybridized carbons (Fsp3) is 0.714. The third-order valence-corrected chi connectivity index (χ3v) is 17.1. The van der Waals surface area contributed by atoms with Gasteiger partial charge in [0.15, 0.2) is 12.2 Å². The molecule has 96 heavy (non-hydrogen) atoms. The zero-order valence-corrected chi connectivity index (χ0v) is 61.8. The molecule has 0 spiro atoms. The van der Waals surface area contributed by atoms with Crippen LogP contribution < -0.4 is 0 Å². The number of phosphoric ester groups is 2. The van der Waals surface area contributed by atoms with Crippen molar-refractivity contribution in [3.8, 4) is 0 Å². The molecule has 0 aromatic heterocycles. The van der Waals surface area contributed by atoms with Crippen molar-refractivity contribution >= 4 is 39.5 Å². The minimum absolute atomic E-state index is 0.0650. The first-order valence-electron chi connectivity index (χ1n) is 37.1. The highest BCUT2D eigenvalue weighted by atomic mass is 31.2. The molecular formula is C77H132O17P2. The first-order valence-corrected chi connectivity index (χ1v) is 40.1. The van der Waals surface area contributed by atoms with Crippen LogP contribution in [-0.2, 0) is 65.4 Å². The number of hydrogen-bond donors (Lipinski definition) is 3. The predicted octanol–water partition coefficient (Wildman–Crippen LogP) is 21.0. The van der Waals surface area contributed by atoms with Gasteiger partial charge in [0.25, 0.3) is 0 Å². The number of hydrogen-bond acceptors (Lipinski definition) is 15. The zero-order valence-electron chi connectivity index (χ0n) is 60.0. The Morgan fingerprint density at radius 2 is 0.573 bits per heavy atom. The van der Waals surface area contributed by atoms with Gasteiger partial charge < -0.3 is 33.8 Å². The highest BCUT2D eigenvalue weighted by Gasteiger charge is 2.30. The van der Waals surface area contributed by atoms with Crippen LogP contribution in [0.25, 0.3) is 0 Å². The van der Waals surface area contributed by atoms with Gasteiger partial charge in [-0.25, -0.2) is 9.13 Å². The summed E-state index contributed by atoms with van der Waals surface area (Å²) < 4.78 is 68.3. The van der Waals surface area contributed by atoms with E-state index in [2.05, 4.69) is 125 Å². The molecule has 0 heterocycles. The van der Waals surface area contributed by atoms with Gasteiger partial charge in [-0.05, 0) is 122 Å². The molecule has 0 amide bonds. The van der Waals surface area contributed by atoms with Crippen LogP contribution in [0.15, 0.2) is 109 Å². The van der Waals surface area contributed by atoms with Gasteiger partial charge in [0.1, 0.15) is 19.3 Å². The SMILES string of the molecule is CC/C=C\C/C=C\C/C=C\C/C=C\C/C=C\CCCC(=O)OCC(COP(=O)(O)OCC(O)COP(=O)(O)OCC(COC(=O)CCCCCCC/C=C\C/C=C\CCCCC)OC(=O)CCCCCCCCCCCCC)OC(=O)CCCCCCC/C=C\C/C=C\CCC. The molecule has 0 aliphatic heterocycles. The molecule has 0 aliphatic carbocycles. The number of phosphoric acid groups is 2. The first-order chi connectivity index (χ1) is 46.7. The van der Waals surface area contributed by atoms with Crippen molar-refractivity contribution in [1.29, 1.82) is 0 Å². The van der Waals surface area contributed by atoms with Gasteiger partial charge in [-0.3, -0.25) is 37.3 Å². The van der Waals surface area contributed by atoms with Gasteiger partial charge in [-0.15, -0.1) is 0 Å². The molecule has 0 radical (unpaired) electrons. The van der Waals surface area contributed by atoms with Crippen LogP contribution in [0, 0.1) is 0 Å². The molecule has 3 N–H and O–H groups in total. The van der Waals surface area contributed by atoms with Crippen LogP contribution in [-0.4, -0.2) is 96.7 Å². The quantitative estimate of drug-likeness (QED) is 0.0169. The smallest absolute Gasteiger partial charge is 0.462 e. The maximum absolute atomic E-state index is 13.0. The number of aliphatic hydroxyl groups is 1. The fourth-order valence-electron chi connectivity index (χ4n) is 9.56. The maximum atomic E-state index is 13.0. The molecule has 0 saturated heterocycles. The molecule has 5 atom stereocenters. The van der Waals surface area contributed by atoms with E-state index in [4.69, 9.17) is 37.0 Å². The van der Waals surface area contributed by atoms with E-state index in [-0.39, 0.29) is 25.7 Å². The lowest BCUT2D eigenvalue weighted by atomic mass is 10.1. The Balaban J connectivity index is 5.38. The van der Waals surface area contributed by atoms with Crippen molar-refractivity contribution in [2.75, 3.05) is 39.6 Å². The lowest BCUT2D eigenvalue weighted by molar-refractivity contribution is -0.161. The number of allylic oxidation sites excluding steroid dienone is 18. The van der Waals surface area contributed by atoms with Gasteiger partial charge >= 0.3 is 39.5 Å². The number of carbonyl (C=O) groups excluding carboxylic acids is 4. The monoisotopic (exact) mass is 1390 g/mol. The largest absolute Gasteiger partial charge is 0.472 e. The van der Waals surface area contributed by atoms with Gasteiger partial charge in [-0.1, -0.05) is 259 Å². The predicted molar refractivity (Wildman–Crippen MR) is 390 cm³/mol. The van der Waals surface area contributed by atoms with Crippen molar-refractivity contribution in [3.63, 3.8) is 0 Å². The van der Waals surface area contributed by atoms with Crippen molar-refractivity contribution < 1.29 is 80.2 Å². The van der Waals surface area contributed by atoms with E-state index >= 15 is 0 Å². The molecule has 19 heteroatoms. The van der Waals surface area contributed by atoms with E-state index in [1.807, 2.05) is 12.2 Å². The minimum Gasteiger partial charge on any atom is -0.462 e. The molecule has 5 unspecified atom stereocenters. The Labute approximate surface area is 581 Å². The zero-order chi connectivity index (χ0) is 70.4. The summed E-state index contributed by atoms with van der Waals surface area (Å²) in [6.07, 6.45) is 72.4. The van der Waals surface area contributed by atoms with Gasteiger partial charge in [0.05, 0.1) is 26.4 Å². The second-order valence-electron chi connectivity index (χ2n) is 24.5. The second-order valence-corrected chi connectivity index (χ2v) is 27.4. The summed E-state index contributed by atoms with van der Waals surface area (Å²) in [7, 11) is -9.96. The Kier molecular flexibility index (Phi) is 66.1. The summed E-state index contributed by atoms with van der Waals surface area (Å²) in [4.78, 5) is 72.7. The molecule has 0 aromatic rings. The van der Waals surface area contributed by atoms with E-state index in [0.717, 1.165) is 154 Å². The van der Waals surface area contributed by atoms with Crippen molar-refractivity contribution in [1.82, 2.24) is 0 Å². The number of carbonyl (C=O) groups is 4. The highest BCUT2D eigenvalue weighted by Crippen LogP contribution is 2.45. The molecule has 0 fully saturated rings. The number of rotatable bonds is 69. The summed E-state index contributed by atoms with van der Waals surface area (Å²) >= 11 is 0. The molecular weight excluding hydrogens is 1260 g/mol. The maximum Gasteiger partial charge on any atom is 0.472 e. The van der Waals surface area contributed by atoms with Crippen molar-refractivity contribution in [2.45, 2.75) is 316 Å². The molecule has 17 nitrogen and oxygen atoms in total. The third-order valence-electron chi connectivity index (χ3n) is 15.2. The Hall–Kier alpha value is -4.28. The van der Waals surface area contributed by atoms with Crippen LogP contribution in [0.2, 0.25) is 0 Å². The van der Waals surface area contributed by atoms with Crippen molar-refractivity contribution in [3.05, 3.63) is 109 Å². The third kappa shape index (κ3) is 68.3. The molecule has 0 rings (SSSR count). The first kappa shape index (κ1) is 91.7. The fourth-order valence-corrected chi connectivity index (χ4v) is 11.1. The van der Waals surface area contributed by atoms with E-state index in [9.17, 15) is 43.2 Å². The number of aliphatic hydroxyl groups excluding tert-OH is 1. The summed E-state index contributed by atoms with van der Waals surface area (Å²) in [5.74, 6) is -2.27. The molecule has 0 aromatic carbocycles. The average Bonchev–Trinajstić information content (AvgIpc) is 1.17. The number of esters is 4. The molecule has 0 bridgehead atoms. The molecule has 0 saturated carbocycles. The van der Waals surface area contributed by atoms with Crippen LogP contribution >= 0.6 is 15.6 Å². The Morgan fingerprint density at radius 1 is 0.302 bits per heavy atom. The van der Waals surface area contributed by atoms with Crippen molar-refractivity contribution in [2.24, 2.45) is 0 Å². The summed E-state index contributed by atoms with van der Waals surface area (Å²) in [6.45, 7) is 4.56. The Morgan fingerprint density at radius 3 is 0.938 bits per heavy atom. The Bertz CT molecular complexity index is 2250.